The number of amides is 1. The molecule has 1 aromatic carbocycles. The van der Waals surface area contributed by atoms with Gasteiger partial charge in [0, 0.05) is 18.8 Å². The van der Waals surface area contributed by atoms with Crippen LogP contribution in [-0.4, -0.2) is 57.1 Å². The number of nitrogens with zero attached hydrogens (tertiary/aromatic N) is 2. The molecule has 1 N–H and O–H groups in total. The quantitative estimate of drug-likeness (QED) is 0.310. The molecule has 1 aromatic heterocycles. The van der Waals surface area contributed by atoms with Crippen LogP contribution in [0.1, 0.15) is 82.9 Å². The molecule has 1 aliphatic carbocycles. The van der Waals surface area contributed by atoms with Gasteiger partial charge in [-0.3, -0.25) is 14.7 Å². The summed E-state index contributed by atoms with van der Waals surface area (Å²) in [4.78, 5) is 45.2. The van der Waals surface area contributed by atoms with Gasteiger partial charge >= 0.3 is 12.1 Å². The number of aliphatic hydroxyl groups is 1. The number of aldehydes is 1. The first-order valence-electron chi connectivity index (χ1n) is 14.4. The zero-order chi connectivity index (χ0) is 28.7. The van der Waals surface area contributed by atoms with Gasteiger partial charge in [-0.2, -0.15) is 0 Å². The summed E-state index contributed by atoms with van der Waals surface area (Å²) in [5, 5.41) is 11.1. The minimum atomic E-state index is -1.06. The van der Waals surface area contributed by atoms with Crippen LogP contribution in [0.2, 0.25) is 0 Å². The summed E-state index contributed by atoms with van der Waals surface area (Å²) in [6.45, 7) is 5.38. The van der Waals surface area contributed by atoms with Crippen LogP contribution in [0.5, 0.6) is 0 Å². The smallest absolute Gasteiger partial charge is 0.411 e. The molecule has 2 aliphatic rings. The van der Waals surface area contributed by atoms with E-state index in [9.17, 15) is 19.5 Å². The average Bonchev–Trinajstić information content (AvgIpc) is 3.33. The number of cyclic esters (lactones) is 1. The van der Waals surface area contributed by atoms with E-state index in [2.05, 4.69) is 4.98 Å². The Balaban J connectivity index is 1.68. The first-order chi connectivity index (χ1) is 19.2. The highest BCUT2D eigenvalue weighted by atomic mass is 16.6. The largest absolute Gasteiger partial charge is 0.460 e. The van der Waals surface area contributed by atoms with Crippen molar-refractivity contribution in [2.45, 2.75) is 102 Å². The van der Waals surface area contributed by atoms with Gasteiger partial charge in [-0.15, -0.1) is 0 Å². The maximum absolute atomic E-state index is 13.9. The number of aromatic nitrogens is 1. The fourth-order valence-electron chi connectivity index (χ4n) is 6.03. The number of hydrogen-bond acceptors (Lipinski definition) is 7. The van der Waals surface area contributed by atoms with Crippen molar-refractivity contribution in [3.05, 3.63) is 66.0 Å². The lowest BCUT2D eigenvalue weighted by atomic mass is 9.81. The lowest BCUT2D eigenvalue weighted by Gasteiger charge is -2.41. The molecule has 2 aromatic rings. The predicted molar refractivity (Wildman–Crippen MR) is 150 cm³/mol. The van der Waals surface area contributed by atoms with Crippen molar-refractivity contribution in [3.8, 4) is 0 Å². The van der Waals surface area contributed by atoms with Gasteiger partial charge in [0.1, 0.15) is 18.0 Å². The zero-order valence-electron chi connectivity index (χ0n) is 23.8. The molecule has 2 fully saturated rings. The predicted octanol–water partition coefficient (Wildman–Crippen LogP) is 5.43. The van der Waals surface area contributed by atoms with Crippen molar-refractivity contribution >= 4 is 18.3 Å². The summed E-state index contributed by atoms with van der Waals surface area (Å²) in [7, 11) is 0. The van der Waals surface area contributed by atoms with Gasteiger partial charge in [-0.1, -0.05) is 62.4 Å². The average molecular weight is 551 g/mol. The number of aliphatic hydroxyl groups excluding tert-OH is 1. The van der Waals surface area contributed by atoms with Gasteiger partial charge in [0.15, 0.2) is 0 Å². The molecule has 4 rings (SSSR count). The number of rotatable bonds is 10. The second-order valence-corrected chi connectivity index (χ2v) is 12.1. The molecule has 8 heteroatoms. The standard InChI is InChI=1S/C32H42N2O6/c1-32(2,3)40-31(38)34(25(21-35)18-22-10-6-4-7-11-22)27(19-23-12-8-5-9-13-23)28-20-26(30(37)39-28)29(36)24-14-16-33-17-15-24/h4,6-7,10-11,14-17,21,23,25-29,36H,5,8-9,12-13,18-20H2,1-3H3/t25-,26?,27-,28-,29?/m0/s1. The van der Waals surface area contributed by atoms with Crippen molar-refractivity contribution < 1.29 is 29.0 Å². The Morgan fingerprint density at radius 1 is 1.12 bits per heavy atom. The topological polar surface area (TPSA) is 106 Å². The van der Waals surface area contributed by atoms with E-state index in [1.54, 1.807) is 45.3 Å². The second kappa shape index (κ2) is 13.4. The SMILES string of the molecule is CC(C)(C)OC(=O)N([C@H](C=O)Cc1ccccc1)[C@@H](CC1CCCCC1)[C@@H]1CC(C(O)c2ccncc2)C(=O)O1. The van der Waals surface area contributed by atoms with E-state index in [1.807, 2.05) is 30.3 Å². The Kier molecular flexibility index (Phi) is 9.95. The van der Waals surface area contributed by atoms with E-state index in [1.165, 1.54) is 11.3 Å². The van der Waals surface area contributed by atoms with E-state index < -0.39 is 47.9 Å². The van der Waals surface area contributed by atoms with Gasteiger partial charge in [-0.25, -0.2) is 4.79 Å². The van der Waals surface area contributed by atoms with Crippen molar-refractivity contribution in [2.75, 3.05) is 0 Å². The van der Waals surface area contributed by atoms with Crippen LogP contribution in [0.4, 0.5) is 4.79 Å². The molecule has 8 nitrogen and oxygen atoms in total. The highest BCUT2D eigenvalue weighted by Crippen LogP contribution is 2.39. The van der Waals surface area contributed by atoms with Crippen LogP contribution in [0.3, 0.4) is 0 Å². The van der Waals surface area contributed by atoms with E-state index in [0.29, 0.717) is 24.3 Å². The molecular formula is C32H42N2O6. The third kappa shape index (κ3) is 7.68. The number of carbonyl (C=O) groups is 3. The Hall–Kier alpha value is -3.26. The van der Waals surface area contributed by atoms with Crippen LogP contribution in [0.25, 0.3) is 0 Å². The lowest BCUT2D eigenvalue weighted by molar-refractivity contribution is -0.149. The van der Waals surface area contributed by atoms with Gasteiger partial charge in [-0.05, 0) is 62.8 Å². The van der Waals surface area contributed by atoms with Gasteiger partial charge in [0.2, 0.25) is 0 Å². The van der Waals surface area contributed by atoms with Crippen LogP contribution < -0.4 is 0 Å². The first-order valence-corrected chi connectivity index (χ1v) is 14.4. The molecule has 0 radical (unpaired) electrons. The third-order valence-corrected chi connectivity index (χ3v) is 7.98. The maximum atomic E-state index is 13.9. The number of ether oxygens (including phenoxy) is 2. The number of esters is 1. The Bertz CT molecular complexity index is 1110. The Labute approximate surface area is 237 Å². The molecule has 2 unspecified atom stereocenters. The minimum absolute atomic E-state index is 0.232. The number of hydrogen-bond donors (Lipinski definition) is 1. The molecule has 0 spiro atoms. The van der Waals surface area contributed by atoms with E-state index in [4.69, 9.17) is 9.47 Å². The molecule has 40 heavy (non-hydrogen) atoms. The summed E-state index contributed by atoms with van der Waals surface area (Å²) in [5.74, 6) is -0.959. The molecule has 2 heterocycles. The highest BCUT2D eigenvalue weighted by molar-refractivity contribution is 5.77. The van der Waals surface area contributed by atoms with Crippen LogP contribution >= 0.6 is 0 Å². The van der Waals surface area contributed by atoms with Crippen LogP contribution in [-0.2, 0) is 25.5 Å². The normalized spacial score (nSPS) is 22.1. The fourth-order valence-corrected chi connectivity index (χ4v) is 6.03. The number of benzene rings is 1. The van der Waals surface area contributed by atoms with Crippen LogP contribution in [0, 0.1) is 11.8 Å². The number of carbonyl (C=O) groups excluding carboxylic acids is 3. The summed E-state index contributed by atoms with van der Waals surface area (Å²) in [6, 6.07) is 11.5. The summed E-state index contributed by atoms with van der Waals surface area (Å²) >= 11 is 0. The summed E-state index contributed by atoms with van der Waals surface area (Å²) < 4.78 is 11.8. The maximum Gasteiger partial charge on any atom is 0.411 e. The highest BCUT2D eigenvalue weighted by Gasteiger charge is 2.48. The fraction of sp³-hybridized carbons (Fsp3) is 0.562. The molecule has 216 valence electrons. The molecule has 0 bridgehead atoms. The van der Waals surface area contributed by atoms with Gasteiger partial charge < -0.3 is 19.4 Å². The molecular weight excluding hydrogens is 508 g/mol. The molecule has 1 saturated carbocycles. The zero-order valence-corrected chi connectivity index (χ0v) is 23.8. The van der Waals surface area contributed by atoms with E-state index in [-0.39, 0.29) is 6.42 Å². The first kappa shape index (κ1) is 29.7. The summed E-state index contributed by atoms with van der Waals surface area (Å²) in [5.41, 5.74) is 0.719. The third-order valence-electron chi connectivity index (χ3n) is 7.98. The molecule has 1 amide bonds. The molecule has 1 saturated heterocycles. The second-order valence-electron chi connectivity index (χ2n) is 12.1. The van der Waals surface area contributed by atoms with E-state index >= 15 is 0 Å². The minimum Gasteiger partial charge on any atom is -0.460 e. The van der Waals surface area contributed by atoms with Crippen molar-refractivity contribution in [1.29, 1.82) is 0 Å². The van der Waals surface area contributed by atoms with Crippen LogP contribution in [0.15, 0.2) is 54.9 Å². The molecule has 5 atom stereocenters. The van der Waals surface area contributed by atoms with Gasteiger partial charge in [0.05, 0.1) is 24.1 Å². The lowest BCUT2D eigenvalue weighted by Crippen LogP contribution is -2.55. The Morgan fingerprint density at radius 3 is 2.42 bits per heavy atom. The Morgan fingerprint density at radius 2 is 1.80 bits per heavy atom. The number of pyridine rings is 1. The van der Waals surface area contributed by atoms with E-state index in [0.717, 1.165) is 37.5 Å². The monoisotopic (exact) mass is 550 g/mol. The van der Waals surface area contributed by atoms with Crippen molar-refractivity contribution in [2.24, 2.45) is 11.8 Å². The van der Waals surface area contributed by atoms with Gasteiger partial charge in [0.25, 0.3) is 0 Å². The van der Waals surface area contributed by atoms with Crippen molar-refractivity contribution in [1.82, 2.24) is 9.88 Å². The van der Waals surface area contributed by atoms with Crippen molar-refractivity contribution in [3.63, 3.8) is 0 Å². The molecule has 1 aliphatic heterocycles. The summed E-state index contributed by atoms with van der Waals surface area (Å²) in [6.07, 6.45) is 8.19.